The number of rotatable bonds is 2. The van der Waals surface area contributed by atoms with Gasteiger partial charge in [0.05, 0.1) is 4.92 Å². The Hall–Kier alpha value is -2.23. The fourth-order valence-corrected chi connectivity index (χ4v) is 1.82. The first kappa shape index (κ1) is 17.8. The van der Waals surface area contributed by atoms with Gasteiger partial charge in [-0.2, -0.15) is 0 Å². The van der Waals surface area contributed by atoms with Crippen molar-refractivity contribution in [1.29, 1.82) is 5.39 Å². The number of diazo groups is 1. The molecule has 0 saturated heterocycles. The summed E-state index contributed by atoms with van der Waals surface area (Å²) in [5.74, 6) is 0. The summed E-state index contributed by atoms with van der Waals surface area (Å²) in [7, 11) is -9.66. The summed E-state index contributed by atoms with van der Waals surface area (Å²) in [5, 5.41) is 18.9. The van der Waals surface area contributed by atoms with Crippen molar-refractivity contribution in [3.05, 3.63) is 33.3 Å². The highest BCUT2D eigenvalue weighted by molar-refractivity contribution is 7.90. The summed E-state index contributed by atoms with van der Waals surface area (Å²) in [6.45, 7) is 0. The van der Waals surface area contributed by atoms with Crippen LogP contribution in [0.3, 0.4) is 0 Å². The summed E-state index contributed by atoms with van der Waals surface area (Å²) in [6.07, 6.45) is 0.876. The van der Waals surface area contributed by atoms with E-state index in [-0.39, 0.29) is 16.3 Å². The molecule has 0 radical (unpaired) electrons. The molecule has 0 N–H and O–H groups in total. The van der Waals surface area contributed by atoms with Crippen molar-refractivity contribution >= 4 is 28.5 Å². The molecule has 0 aliphatic heterocycles. The molecule has 13 heteroatoms. The van der Waals surface area contributed by atoms with E-state index in [9.17, 15) is 35.8 Å². The minimum absolute atomic E-state index is 0.219. The molecule has 0 aromatic heterocycles. The molecule has 7 nitrogen and oxygen atoms in total. The van der Waals surface area contributed by atoms with E-state index >= 15 is 0 Å². The number of hydrogen-bond donors (Lipinski definition) is 0. The fourth-order valence-electron chi connectivity index (χ4n) is 0.996. The van der Waals surface area contributed by atoms with Crippen molar-refractivity contribution in [2.24, 2.45) is 0 Å². The molecule has 0 atom stereocenters. The van der Waals surface area contributed by atoms with Crippen LogP contribution in [0.1, 0.15) is 0 Å². The molecule has 1 aromatic rings. The van der Waals surface area contributed by atoms with Crippen LogP contribution < -0.4 is 0 Å². The molecule has 0 aliphatic rings. The lowest BCUT2D eigenvalue weighted by Crippen LogP contribution is -2.02. The molecular weight excluding hydrogens is 309 g/mol. The van der Waals surface area contributed by atoms with E-state index in [0.717, 1.165) is 24.5 Å². The van der Waals surface area contributed by atoms with Gasteiger partial charge in [0.25, 0.3) is 5.69 Å². The highest BCUT2D eigenvalue weighted by Gasteiger charge is 2.25. The second kappa shape index (κ2) is 6.28. The van der Waals surface area contributed by atoms with Crippen molar-refractivity contribution in [2.75, 3.05) is 6.26 Å². The Kier molecular flexibility index (Phi) is 5.58. The predicted molar refractivity (Wildman–Crippen MR) is 61.1 cm³/mol. The van der Waals surface area contributed by atoms with Gasteiger partial charge in [-0.15, -0.1) is 0 Å². The Balaban J connectivity index is 0.000000621. The standard InChI is InChI=1S/C7H6N3O4S.BF4/c1-15(13,14)7-4-5(10(11)12)2-3-6(7)9-8;2-1(3,4)5/h2-4H,1H3;/q+1;-1. The minimum Gasteiger partial charge on any atom is -0.418 e. The largest absolute Gasteiger partial charge is 0.673 e. The van der Waals surface area contributed by atoms with Crippen molar-refractivity contribution in [3.8, 4) is 0 Å². The van der Waals surface area contributed by atoms with Crippen LogP contribution in [0.5, 0.6) is 0 Å². The Morgan fingerprint density at radius 3 is 2.05 bits per heavy atom. The van der Waals surface area contributed by atoms with Gasteiger partial charge in [0.15, 0.2) is 19.7 Å². The maximum atomic E-state index is 11.2. The van der Waals surface area contributed by atoms with E-state index in [0.29, 0.717) is 0 Å². The molecule has 1 aromatic carbocycles. The van der Waals surface area contributed by atoms with Crippen molar-refractivity contribution in [2.45, 2.75) is 4.90 Å². The van der Waals surface area contributed by atoms with E-state index in [1.54, 1.807) is 0 Å². The first-order chi connectivity index (χ1) is 8.86. The van der Waals surface area contributed by atoms with Crippen LogP contribution in [0.4, 0.5) is 28.6 Å². The normalized spacial score (nSPS) is 11.0. The SMILES string of the molecule is CS(=O)(=O)c1cc([N+](=O)[O-])ccc1[N+]#N.F[B-](F)(F)F. The Morgan fingerprint density at radius 1 is 1.30 bits per heavy atom. The molecule has 20 heavy (non-hydrogen) atoms. The Bertz CT molecular complexity index is 649. The van der Waals surface area contributed by atoms with Crippen molar-refractivity contribution in [3.63, 3.8) is 0 Å². The third-order valence-corrected chi connectivity index (χ3v) is 2.79. The number of sulfone groups is 1. The first-order valence-electron chi connectivity index (χ1n) is 4.57. The van der Waals surface area contributed by atoms with Gasteiger partial charge in [0, 0.05) is 24.5 Å². The lowest BCUT2D eigenvalue weighted by atomic mass is 10.3. The molecule has 0 amide bonds. The van der Waals surface area contributed by atoms with E-state index in [2.05, 4.69) is 4.98 Å². The molecule has 110 valence electrons. The molecule has 0 bridgehead atoms. The zero-order chi connectivity index (χ0) is 16.1. The second-order valence-corrected chi connectivity index (χ2v) is 5.26. The topological polar surface area (TPSA) is 105 Å². The average Bonchev–Trinajstić information content (AvgIpc) is 2.24. The van der Waals surface area contributed by atoms with Crippen LogP contribution in [-0.2, 0) is 9.84 Å². The number of benzene rings is 1. The van der Waals surface area contributed by atoms with Gasteiger partial charge >= 0.3 is 12.9 Å². The maximum Gasteiger partial charge on any atom is 0.673 e. The molecule has 0 heterocycles. The molecule has 0 saturated carbocycles. The van der Waals surface area contributed by atoms with Crippen LogP contribution in [0.15, 0.2) is 23.1 Å². The van der Waals surface area contributed by atoms with Gasteiger partial charge in [0.2, 0.25) is 5.39 Å². The smallest absolute Gasteiger partial charge is 0.418 e. The van der Waals surface area contributed by atoms with Crippen LogP contribution in [0.25, 0.3) is 4.98 Å². The zero-order valence-corrected chi connectivity index (χ0v) is 10.5. The highest BCUT2D eigenvalue weighted by atomic mass is 32.2. The van der Waals surface area contributed by atoms with Crippen molar-refractivity contribution < 1.29 is 30.6 Å². The summed E-state index contributed by atoms with van der Waals surface area (Å²) >= 11 is 0. The lowest BCUT2D eigenvalue weighted by Gasteiger charge is -1.94. The van der Waals surface area contributed by atoms with Crippen LogP contribution in [-0.4, -0.2) is 26.9 Å². The lowest BCUT2D eigenvalue weighted by molar-refractivity contribution is -0.385. The average molecular weight is 315 g/mol. The van der Waals surface area contributed by atoms with E-state index < -0.39 is 22.0 Å². The third kappa shape index (κ3) is 6.64. The van der Waals surface area contributed by atoms with Crippen LogP contribution in [0, 0.1) is 15.5 Å². The van der Waals surface area contributed by atoms with E-state index in [4.69, 9.17) is 5.39 Å². The highest BCUT2D eigenvalue weighted by Crippen LogP contribution is 2.28. The number of nitro benzene ring substituents is 1. The number of nitrogens with zero attached hydrogens (tertiary/aromatic N) is 3. The Labute approximate surface area is 110 Å². The second-order valence-electron chi connectivity index (χ2n) is 3.28. The molecular formula is C7H6BF4N3O4S. The fraction of sp³-hybridized carbons (Fsp3) is 0.143. The van der Waals surface area contributed by atoms with Gasteiger partial charge < -0.3 is 17.3 Å². The predicted octanol–water partition coefficient (Wildman–Crippen LogP) is 2.78. The minimum atomic E-state index is -6.00. The Morgan fingerprint density at radius 2 is 1.75 bits per heavy atom. The summed E-state index contributed by atoms with van der Waals surface area (Å²) in [6, 6.07) is 2.97. The van der Waals surface area contributed by atoms with E-state index in [1.165, 1.54) is 0 Å². The van der Waals surface area contributed by atoms with Crippen molar-refractivity contribution in [1.82, 2.24) is 0 Å². The monoisotopic (exact) mass is 315 g/mol. The molecule has 0 aliphatic carbocycles. The molecule has 0 unspecified atom stereocenters. The summed E-state index contributed by atoms with van der Waals surface area (Å²) < 4.78 is 61.4. The van der Waals surface area contributed by atoms with Crippen LogP contribution >= 0.6 is 0 Å². The number of halogens is 4. The van der Waals surface area contributed by atoms with Gasteiger partial charge in [-0.05, 0) is 0 Å². The summed E-state index contributed by atoms with van der Waals surface area (Å²) in [4.78, 5) is 12.0. The third-order valence-electron chi connectivity index (χ3n) is 1.66. The van der Waals surface area contributed by atoms with E-state index in [1.807, 2.05) is 0 Å². The maximum absolute atomic E-state index is 11.2. The molecule has 0 fully saturated rings. The molecule has 1 rings (SSSR count). The first-order valence-corrected chi connectivity index (χ1v) is 6.46. The molecule has 0 spiro atoms. The van der Waals surface area contributed by atoms with Crippen LogP contribution in [0.2, 0.25) is 0 Å². The number of non-ortho nitro benzene ring substituents is 1. The summed E-state index contributed by atoms with van der Waals surface area (Å²) in [5.41, 5.74) is -0.592. The number of hydrogen-bond acceptors (Lipinski definition) is 5. The van der Waals surface area contributed by atoms with Gasteiger partial charge in [-0.3, -0.25) is 10.1 Å². The van der Waals surface area contributed by atoms with Gasteiger partial charge in [-0.1, -0.05) is 0 Å². The zero-order valence-electron chi connectivity index (χ0n) is 9.70. The number of nitro groups is 1. The quantitative estimate of drug-likeness (QED) is 0.274. The van der Waals surface area contributed by atoms with Gasteiger partial charge in [0.1, 0.15) is 0 Å². The van der Waals surface area contributed by atoms with Gasteiger partial charge in [-0.25, -0.2) is 8.42 Å².